The highest BCUT2D eigenvalue weighted by Crippen LogP contribution is 2.21. The Balaban J connectivity index is 1.82. The summed E-state index contributed by atoms with van der Waals surface area (Å²) in [6.45, 7) is 0.802. The summed E-state index contributed by atoms with van der Waals surface area (Å²) in [5, 5.41) is 3.02. The molecule has 98 valence electrons. The van der Waals surface area contributed by atoms with Crippen molar-refractivity contribution in [2.45, 2.75) is 18.7 Å². The number of alkyl halides is 1. The second-order valence-electron chi connectivity index (χ2n) is 4.60. The van der Waals surface area contributed by atoms with E-state index in [0.29, 0.717) is 17.4 Å². The first kappa shape index (κ1) is 13.8. The largest absolute Gasteiger partial charge is 0.352 e. The third-order valence-electron chi connectivity index (χ3n) is 3.26. The molecule has 1 heterocycles. The average molecular weight is 284 g/mol. The maximum atomic E-state index is 11.9. The van der Waals surface area contributed by atoms with Gasteiger partial charge in [0.1, 0.15) is 0 Å². The summed E-state index contributed by atoms with van der Waals surface area (Å²) >= 11 is 7.73. The number of benzene rings is 1. The van der Waals surface area contributed by atoms with E-state index in [1.807, 2.05) is 36.0 Å². The Morgan fingerprint density at radius 1 is 1.28 bits per heavy atom. The van der Waals surface area contributed by atoms with Gasteiger partial charge in [-0.1, -0.05) is 12.1 Å². The topological polar surface area (TPSA) is 29.1 Å². The molecule has 1 aliphatic rings. The van der Waals surface area contributed by atoms with Crippen LogP contribution in [0.25, 0.3) is 0 Å². The van der Waals surface area contributed by atoms with E-state index in [9.17, 15) is 4.79 Å². The van der Waals surface area contributed by atoms with Crippen LogP contribution in [0.5, 0.6) is 0 Å². The van der Waals surface area contributed by atoms with E-state index in [-0.39, 0.29) is 5.91 Å². The second kappa shape index (κ2) is 7.05. The summed E-state index contributed by atoms with van der Waals surface area (Å²) in [5.74, 6) is 3.61. The standard InChI is InChI=1S/C14H18ClNOS/c15-9-11-1-3-13(4-2-11)14(17)16-10-12-5-7-18-8-6-12/h1-4,12H,5-10H2,(H,16,17). The fourth-order valence-electron chi connectivity index (χ4n) is 2.03. The first-order valence-corrected chi connectivity index (χ1v) is 7.99. The third-order valence-corrected chi connectivity index (χ3v) is 4.62. The Hall–Kier alpha value is -0.670. The van der Waals surface area contributed by atoms with E-state index in [4.69, 9.17) is 11.6 Å². The summed E-state index contributed by atoms with van der Waals surface area (Å²) in [6.07, 6.45) is 2.44. The van der Waals surface area contributed by atoms with E-state index < -0.39 is 0 Å². The zero-order valence-electron chi connectivity index (χ0n) is 10.3. The van der Waals surface area contributed by atoms with E-state index in [1.54, 1.807) is 0 Å². The Bertz CT molecular complexity index is 387. The molecule has 18 heavy (non-hydrogen) atoms. The number of amides is 1. The molecule has 0 radical (unpaired) electrons. The molecule has 1 aromatic rings. The summed E-state index contributed by atoms with van der Waals surface area (Å²) in [7, 11) is 0. The monoisotopic (exact) mass is 283 g/mol. The molecule has 0 saturated carbocycles. The summed E-state index contributed by atoms with van der Waals surface area (Å²) in [5.41, 5.74) is 1.76. The van der Waals surface area contributed by atoms with Crippen LogP contribution in [0.1, 0.15) is 28.8 Å². The molecule has 2 rings (SSSR count). The quantitative estimate of drug-likeness (QED) is 0.859. The van der Waals surface area contributed by atoms with Gasteiger partial charge in [0.15, 0.2) is 0 Å². The molecule has 0 aromatic heterocycles. The zero-order valence-corrected chi connectivity index (χ0v) is 11.9. The first-order chi connectivity index (χ1) is 8.79. The van der Waals surface area contributed by atoms with Crippen molar-refractivity contribution in [1.29, 1.82) is 0 Å². The molecule has 0 spiro atoms. The number of thioether (sulfide) groups is 1. The van der Waals surface area contributed by atoms with Crippen molar-refractivity contribution in [3.63, 3.8) is 0 Å². The van der Waals surface area contributed by atoms with E-state index in [1.165, 1.54) is 24.3 Å². The van der Waals surface area contributed by atoms with Gasteiger partial charge in [0.25, 0.3) is 5.91 Å². The van der Waals surface area contributed by atoms with Gasteiger partial charge < -0.3 is 5.32 Å². The molecule has 0 bridgehead atoms. The SMILES string of the molecule is O=C(NCC1CCSCC1)c1ccc(CCl)cc1. The minimum absolute atomic E-state index is 0.0225. The second-order valence-corrected chi connectivity index (χ2v) is 6.09. The molecule has 1 amide bonds. The molecule has 1 saturated heterocycles. The average Bonchev–Trinajstić information content (AvgIpc) is 2.46. The Labute approximate surface area is 117 Å². The van der Waals surface area contributed by atoms with Crippen molar-refractivity contribution in [3.8, 4) is 0 Å². The van der Waals surface area contributed by atoms with Crippen LogP contribution in [0.2, 0.25) is 0 Å². The highest BCUT2D eigenvalue weighted by molar-refractivity contribution is 7.99. The van der Waals surface area contributed by atoms with Crippen LogP contribution in [0.3, 0.4) is 0 Å². The van der Waals surface area contributed by atoms with Gasteiger partial charge in [0, 0.05) is 18.0 Å². The molecule has 0 aliphatic carbocycles. The maximum absolute atomic E-state index is 11.9. The highest BCUT2D eigenvalue weighted by atomic mass is 35.5. The number of rotatable bonds is 4. The molecule has 2 nitrogen and oxygen atoms in total. The predicted molar refractivity (Wildman–Crippen MR) is 78.4 cm³/mol. The number of carbonyl (C=O) groups is 1. The molecule has 1 fully saturated rings. The fourth-order valence-corrected chi connectivity index (χ4v) is 3.42. The van der Waals surface area contributed by atoms with Crippen LogP contribution in [0, 0.1) is 5.92 Å². The minimum Gasteiger partial charge on any atom is -0.352 e. The number of halogens is 1. The number of hydrogen-bond donors (Lipinski definition) is 1. The lowest BCUT2D eigenvalue weighted by Gasteiger charge is -2.21. The van der Waals surface area contributed by atoms with Crippen molar-refractivity contribution >= 4 is 29.3 Å². The molecule has 0 unspecified atom stereocenters. The van der Waals surface area contributed by atoms with Gasteiger partial charge in [-0.05, 0) is 48.0 Å². The predicted octanol–water partition coefficient (Wildman–Crippen LogP) is 3.30. The van der Waals surface area contributed by atoms with Gasteiger partial charge in [-0.25, -0.2) is 0 Å². The molecule has 1 N–H and O–H groups in total. The van der Waals surface area contributed by atoms with E-state index in [0.717, 1.165) is 12.1 Å². The normalized spacial score (nSPS) is 16.5. The van der Waals surface area contributed by atoms with Crippen LogP contribution in [0.4, 0.5) is 0 Å². The zero-order chi connectivity index (χ0) is 12.8. The van der Waals surface area contributed by atoms with E-state index >= 15 is 0 Å². The van der Waals surface area contributed by atoms with Crippen LogP contribution < -0.4 is 5.32 Å². The van der Waals surface area contributed by atoms with Gasteiger partial charge in [-0.2, -0.15) is 11.8 Å². The van der Waals surface area contributed by atoms with Crippen LogP contribution in [-0.4, -0.2) is 24.0 Å². The minimum atomic E-state index is 0.0225. The van der Waals surface area contributed by atoms with Gasteiger partial charge in [0.05, 0.1) is 0 Å². The lowest BCUT2D eigenvalue weighted by Crippen LogP contribution is -2.30. The molecule has 1 aromatic carbocycles. The summed E-state index contributed by atoms with van der Waals surface area (Å²) < 4.78 is 0. The Morgan fingerprint density at radius 2 is 1.94 bits per heavy atom. The van der Waals surface area contributed by atoms with Crippen molar-refractivity contribution in [3.05, 3.63) is 35.4 Å². The Morgan fingerprint density at radius 3 is 2.56 bits per heavy atom. The number of carbonyl (C=O) groups excluding carboxylic acids is 1. The van der Waals surface area contributed by atoms with Crippen LogP contribution in [-0.2, 0) is 5.88 Å². The van der Waals surface area contributed by atoms with Gasteiger partial charge in [0.2, 0.25) is 0 Å². The summed E-state index contributed by atoms with van der Waals surface area (Å²) in [6, 6.07) is 7.48. The molecule has 1 aliphatic heterocycles. The maximum Gasteiger partial charge on any atom is 0.251 e. The van der Waals surface area contributed by atoms with Crippen LogP contribution >= 0.6 is 23.4 Å². The molecule has 4 heteroatoms. The van der Waals surface area contributed by atoms with Crippen molar-refractivity contribution in [1.82, 2.24) is 5.32 Å². The fraction of sp³-hybridized carbons (Fsp3) is 0.500. The van der Waals surface area contributed by atoms with Gasteiger partial charge in [-0.3, -0.25) is 4.79 Å². The third kappa shape index (κ3) is 3.92. The highest BCUT2D eigenvalue weighted by Gasteiger charge is 2.14. The lowest BCUT2D eigenvalue weighted by molar-refractivity contribution is 0.0946. The smallest absolute Gasteiger partial charge is 0.251 e. The summed E-state index contributed by atoms with van der Waals surface area (Å²) in [4.78, 5) is 11.9. The lowest BCUT2D eigenvalue weighted by atomic mass is 10.0. The van der Waals surface area contributed by atoms with Gasteiger partial charge in [-0.15, -0.1) is 11.6 Å². The van der Waals surface area contributed by atoms with Crippen molar-refractivity contribution in [2.75, 3.05) is 18.1 Å². The molecular weight excluding hydrogens is 266 g/mol. The first-order valence-electron chi connectivity index (χ1n) is 6.30. The van der Waals surface area contributed by atoms with Crippen molar-refractivity contribution in [2.24, 2.45) is 5.92 Å². The van der Waals surface area contributed by atoms with E-state index in [2.05, 4.69) is 5.32 Å². The van der Waals surface area contributed by atoms with Crippen molar-refractivity contribution < 1.29 is 4.79 Å². The van der Waals surface area contributed by atoms with Crippen LogP contribution in [0.15, 0.2) is 24.3 Å². The number of hydrogen-bond acceptors (Lipinski definition) is 2. The van der Waals surface area contributed by atoms with Gasteiger partial charge >= 0.3 is 0 Å². The number of nitrogens with one attached hydrogen (secondary N) is 1. The molecule has 0 atom stereocenters. The molecular formula is C14H18ClNOS. The Kier molecular flexibility index (Phi) is 5.39.